The summed E-state index contributed by atoms with van der Waals surface area (Å²) in [5, 5.41) is 13.4. The number of carboxylic acid groups (broad SMARTS) is 1. The molecule has 0 aromatic carbocycles. The number of hydrogen-bond acceptors (Lipinski definition) is 6. The Morgan fingerprint density at radius 1 is 1.25 bits per heavy atom. The number of carboxylic acids is 1. The van der Waals surface area contributed by atoms with Gasteiger partial charge < -0.3 is 14.7 Å². The number of nitrogens with zero attached hydrogens (tertiary/aromatic N) is 5. The van der Waals surface area contributed by atoms with Crippen LogP contribution in [0.5, 0.6) is 0 Å². The monoisotopic (exact) mass is 385 g/mol. The van der Waals surface area contributed by atoms with E-state index in [1.165, 1.54) is 16.7 Å². The molecule has 28 heavy (non-hydrogen) atoms. The van der Waals surface area contributed by atoms with Crippen molar-refractivity contribution < 1.29 is 24.2 Å². The van der Waals surface area contributed by atoms with E-state index in [-0.39, 0.29) is 18.9 Å². The maximum absolute atomic E-state index is 12.5. The predicted octanol–water partition coefficient (Wildman–Crippen LogP) is 0.793. The lowest BCUT2D eigenvalue weighted by molar-refractivity contribution is -0.147. The summed E-state index contributed by atoms with van der Waals surface area (Å²) < 4.78 is 7.12. The molecule has 0 saturated carbocycles. The fourth-order valence-corrected chi connectivity index (χ4v) is 3.58. The molecule has 4 heterocycles. The average molecular weight is 385 g/mol. The summed E-state index contributed by atoms with van der Waals surface area (Å²) in [6.07, 6.45) is 2.35. The first-order chi connectivity index (χ1) is 13.4. The standard InChI is InChI=1S/C18H19N5O5/c1-11(24)22-9-13(7-15(22)17(25)26)28-18(27)21-8-12-3-4-16(20-14(12)10-21)23-6-2-5-19-23/h2-6,13,15H,7-10H2,1H3,(H,25,26)/t13-,15+/m1/s1. The van der Waals surface area contributed by atoms with Crippen LogP contribution in [0, 0.1) is 0 Å². The second kappa shape index (κ2) is 6.95. The Morgan fingerprint density at radius 2 is 2.07 bits per heavy atom. The SMILES string of the molecule is CC(=O)N1C[C@H](OC(=O)N2Cc3ccc(-n4cccn4)nc3C2)C[C@H]1C(=O)O. The van der Waals surface area contributed by atoms with Gasteiger partial charge in [-0.2, -0.15) is 5.10 Å². The molecule has 2 aromatic rings. The van der Waals surface area contributed by atoms with Crippen LogP contribution in [-0.2, 0) is 27.4 Å². The van der Waals surface area contributed by atoms with Crippen LogP contribution in [0.3, 0.4) is 0 Å². The van der Waals surface area contributed by atoms with Gasteiger partial charge >= 0.3 is 12.1 Å². The number of amides is 2. The zero-order chi connectivity index (χ0) is 19.8. The molecule has 0 unspecified atom stereocenters. The Balaban J connectivity index is 1.41. The largest absolute Gasteiger partial charge is 0.480 e. The minimum atomic E-state index is -1.10. The summed E-state index contributed by atoms with van der Waals surface area (Å²) in [4.78, 5) is 42.8. The van der Waals surface area contributed by atoms with Crippen molar-refractivity contribution in [1.82, 2.24) is 24.6 Å². The molecule has 2 aliphatic heterocycles. The van der Waals surface area contributed by atoms with Crippen molar-refractivity contribution in [3.8, 4) is 5.82 Å². The normalized spacial score (nSPS) is 20.9. The third-order valence-electron chi connectivity index (χ3n) is 4.97. The van der Waals surface area contributed by atoms with Crippen molar-refractivity contribution in [3.05, 3.63) is 41.9 Å². The van der Waals surface area contributed by atoms with Gasteiger partial charge in [0.25, 0.3) is 0 Å². The summed E-state index contributed by atoms with van der Waals surface area (Å²) in [5.74, 6) is -0.788. The van der Waals surface area contributed by atoms with E-state index in [1.54, 1.807) is 23.1 Å². The number of carbonyl (C=O) groups is 3. The van der Waals surface area contributed by atoms with Crippen LogP contribution in [0.2, 0.25) is 0 Å². The van der Waals surface area contributed by atoms with E-state index in [9.17, 15) is 19.5 Å². The zero-order valence-electron chi connectivity index (χ0n) is 15.2. The van der Waals surface area contributed by atoms with E-state index < -0.39 is 24.2 Å². The van der Waals surface area contributed by atoms with Gasteiger partial charge in [0.15, 0.2) is 5.82 Å². The zero-order valence-corrected chi connectivity index (χ0v) is 15.2. The molecule has 0 aliphatic carbocycles. The Morgan fingerprint density at radius 3 is 2.71 bits per heavy atom. The fourth-order valence-electron chi connectivity index (χ4n) is 3.58. The average Bonchev–Trinajstić information content (AvgIpc) is 3.39. The maximum Gasteiger partial charge on any atom is 0.410 e. The number of carbonyl (C=O) groups excluding carboxylic acids is 2. The minimum Gasteiger partial charge on any atom is -0.480 e. The van der Waals surface area contributed by atoms with Crippen LogP contribution < -0.4 is 0 Å². The molecule has 10 heteroatoms. The highest BCUT2D eigenvalue weighted by atomic mass is 16.6. The van der Waals surface area contributed by atoms with Crippen molar-refractivity contribution in [3.63, 3.8) is 0 Å². The van der Waals surface area contributed by atoms with Crippen molar-refractivity contribution in [2.45, 2.75) is 38.6 Å². The van der Waals surface area contributed by atoms with Gasteiger partial charge in [-0.25, -0.2) is 19.3 Å². The summed E-state index contributed by atoms with van der Waals surface area (Å²) in [7, 11) is 0. The van der Waals surface area contributed by atoms with Gasteiger partial charge in [0.2, 0.25) is 5.91 Å². The highest BCUT2D eigenvalue weighted by Gasteiger charge is 2.41. The summed E-state index contributed by atoms with van der Waals surface area (Å²) >= 11 is 0. The second-order valence-electron chi connectivity index (χ2n) is 6.85. The first-order valence-corrected chi connectivity index (χ1v) is 8.86. The molecule has 2 atom stereocenters. The molecule has 1 fully saturated rings. The van der Waals surface area contributed by atoms with E-state index in [4.69, 9.17) is 4.74 Å². The number of hydrogen-bond donors (Lipinski definition) is 1. The fraction of sp³-hybridized carbons (Fsp3) is 0.389. The quantitative estimate of drug-likeness (QED) is 0.830. The number of aliphatic carboxylic acids is 1. The summed E-state index contributed by atoms with van der Waals surface area (Å²) in [5.41, 5.74) is 1.69. The smallest absolute Gasteiger partial charge is 0.410 e. The lowest BCUT2D eigenvalue weighted by Gasteiger charge is -2.19. The molecule has 0 radical (unpaired) electrons. The van der Waals surface area contributed by atoms with Gasteiger partial charge in [-0.15, -0.1) is 0 Å². The first kappa shape index (κ1) is 18.0. The third kappa shape index (κ3) is 3.28. The van der Waals surface area contributed by atoms with Crippen LogP contribution in [0.25, 0.3) is 5.82 Å². The number of fused-ring (bicyclic) bond motifs is 1. The number of ether oxygens (including phenoxy) is 1. The molecule has 2 aliphatic rings. The Hall–Kier alpha value is -3.43. The summed E-state index contributed by atoms with van der Waals surface area (Å²) in [6.45, 7) is 2.06. The number of likely N-dealkylation sites (tertiary alicyclic amines) is 1. The molecule has 10 nitrogen and oxygen atoms in total. The number of aromatic nitrogens is 3. The van der Waals surface area contributed by atoms with E-state index in [2.05, 4.69) is 10.1 Å². The molecule has 2 aromatic heterocycles. The topological polar surface area (TPSA) is 118 Å². The van der Waals surface area contributed by atoms with Gasteiger partial charge in [0, 0.05) is 25.7 Å². The van der Waals surface area contributed by atoms with Crippen LogP contribution >= 0.6 is 0 Å². The lowest BCUT2D eigenvalue weighted by Crippen LogP contribution is -2.39. The van der Waals surface area contributed by atoms with E-state index in [0.717, 1.165) is 11.3 Å². The predicted molar refractivity (Wildman–Crippen MR) is 94.3 cm³/mol. The molecule has 1 saturated heterocycles. The van der Waals surface area contributed by atoms with Crippen molar-refractivity contribution >= 4 is 18.0 Å². The second-order valence-corrected chi connectivity index (χ2v) is 6.85. The Labute approximate surface area is 160 Å². The maximum atomic E-state index is 12.5. The van der Waals surface area contributed by atoms with E-state index in [0.29, 0.717) is 18.9 Å². The molecule has 2 amide bonds. The van der Waals surface area contributed by atoms with Crippen LogP contribution in [-0.4, -0.2) is 66.3 Å². The molecule has 0 bridgehead atoms. The van der Waals surface area contributed by atoms with E-state index >= 15 is 0 Å². The number of pyridine rings is 1. The highest BCUT2D eigenvalue weighted by molar-refractivity contribution is 5.83. The molecule has 0 spiro atoms. The Bertz CT molecular complexity index is 906. The lowest BCUT2D eigenvalue weighted by atomic mass is 10.2. The molecule has 1 N–H and O–H groups in total. The van der Waals surface area contributed by atoms with Crippen LogP contribution in [0.15, 0.2) is 30.6 Å². The van der Waals surface area contributed by atoms with Gasteiger partial charge in [-0.05, 0) is 17.7 Å². The minimum absolute atomic E-state index is 0.0839. The van der Waals surface area contributed by atoms with E-state index in [1.807, 2.05) is 12.1 Å². The molecular formula is C18H19N5O5. The van der Waals surface area contributed by atoms with Gasteiger partial charge in [-0.3, -0.25) is 9.69 Å². The van der Waals surface area contributed by atoms with Crippen molar-refractivity contribution in [2.24, 2.45) is 0 Å². The Kier molecular flexibility index (Phi) is 4.46. The van der Waals surface area contributed by atoms with Crippen LogP contribution in [0.4, 0.5) is 4.79 Å². The molecule has 146 valence electrons. The van der Waals surface area contributed by atoms with Crippen molar-refractivity contribution in [2.75, 3.05) is 6.54 Å². The number of rotatable bonds is 3. The van der Waals surface area contributed by atoms with Gasteiger partial charge in [0.1, 0.15) is 12.1 Å². The summed E-state index contributed by atoms with van der Waals surface area (Å²) in [6, 6.07) is 4.57. The van der Waals surface area contributed by atoms with Crippen molar-refractivity contribution in [1.29, 1.82) is 0 Å². The highest BCUT2D eigenvalue weighted by Crippen LogP contribution is 2.26. The van der Waals surface area contributed by atoms with Crippen LogP contribution in [0.1, 0.15) is 24.6 Å². The molecular weight excluding hydrogens is 366 g/mol. The first-order valence-electron chi connectivity index (χ1n) is 8.86. The molecule has 4 rings (SSSR count). The van der Waals surface area contributed by atoms with Gasteiger partial charge in [0.05, 0.1) is 25.3 Å². The third-order valence-corrected chi connectivity index (χ3v) is 4.97. The van der Waals surface area contributed by atoms with Gasteiger partial charge in [-0.1, -0.05) is 6.07 Å².